The second kappa shape index (κ2) is 7.91. The van der Waals surface area contributed by atoms with E-state index in [4.69, 9.17) is 4.74 Å². The fourth-order valence-corrected chi connectivity index (χ4v) is 3.31. The molecule has 1 amide bonds. The van der Waals surface area contributed by atoms with Gasteiger partial charge in [-0.25, -0.2) is 4.79 Å². The molecule has 0 saturated heterocycles. The summed E-state index contributed by atoms with van der Waals surface area (Å²) in [5, 5.41) is 13.2. The first-order chi connectivity index (χ1) is 12.2. The maximum absolute atomic E-state index is 12.7. The van der Waals surface area contributed by atoms with Gasteiger partial charge in [-0.2, -0.15) is 0 Å². The summed E-state index contributed by atoms with van der Waals surface area (Å²) in [5.41, 5.74) is 2.49. The number of aliphatic carboxylic acids is 1. The molecule has 1 unspecified atom stereocenters. The molecule has 2 aromatic rings. The minimum Gasteiger partial charge on any atom is -0.480 e. The molecule has 2 N–H and O–H groups in total. The van der Waals surface area contributed by atoms with Gasteiger partial charge in [0.25, 0.3) is 5.91 Å². The standard InChI is InChI=1S/C20H28N2O4/c1-6-9-20(4,19(24)25)21-18(23)15-7-8-17-16(12-15)13(2)14(3)22(17)10-11-26-5/h7-8,12H,6,9-11H2,1-5H3,(H,21,23)(H,24,25). The highest BCUT2D eigenvalue weighted by molar-refractivity contribution is 6.01. The first kappa shape index (κ1) is 20.0. The summed E-state index contributed by atoms with van der Waals surface area (Å²) in [7, 11) is 1.67. The van der Waals surface area contributed by atoms with Crippen LogP contribution in [0.3, 0.4) is 0 Å². The smallest absolute Gasteiger partial charge is 0.329 e. The number of aryl methyl sites for hydroxylation is 1. The Balaban J connectivity index is 2.38. The van der Waals surface area contributed by atoms with Crippen LogP contribution in [0.1, 0.15) is 48.3 Å². The van der Waals surface area contributed by atoms with E-state index in [2.05, 4.69) is 9.88 Å². The number of amides is 1. The van der Waals surface area contributed by atoms with Crippen molar-refractivity contribution in [1.29, 1.82) is 0 Å². The van der Waals surface area contributed by atoms with Gasteiger partial charge in [0.1, 0.15) is 5.54 Å². The fourth-order valence-electron chi connectivity index (χ4n) is 3.31. The number of hydrogen-bond acceptors (Lipinski definition) is 3. The van der Waals surface area contributed by atoms with Crippen molar-refractivity contribution < 1.29 is 19.4 Å². The molecule has 1 aromatic carbocycles. The lowest BCUT2D eigenvalue weighted by Crippen LogP contribution is -2.52. The molecule has 2 rings (SSSR count). The van der Waals surface area contributed by atoms with E-state index in [1.54, 1.807) is 20.1 Å². The minimum absolute atomic E-state index is 0.369. The number of nitrogens with zero attached hydrogens (tertiary/aromatic N) is 1. The molecule has 0 aliphatic carbocycles. The molecular formula is C20H28N2O4. The van der Waals surface area contributed by atoms with Gasteiger partial charge in [0.15, 0.2) is 0 Å². The van der Waals surface area contributed by atoms with Gasteiger partial charge in [0.05, 0.1) is 6.61 Å². The van der Waals surface area contributed by atoms with Crippen LogP contribution in [-0.2, 0) is 16.1 Å². The number of fused-ring (bicyclic) bond motifs is 1. The zero-order chi connectivity index (χ0) is 19.5. The van der Waals surface area contributed by atoms with Gasteiger partial charge >= 0.3 is 5.97 Å². The van der Waals surface area contributed by atoms with E-state index in [9.17, 15) is 14.7 Å². The molecule has 0 aliphatic heterocycles. The van der Waals surface area contributed by atoms with Crippen molar-refractivity contribution in [3.05, 3.63) is 35.0 Å². The first-order valence-electron chi connectivity index (χ1n) is 8.89. The zero-order valence-corrected chi connectivity index (χ0v) is 16.2. The number of carboxylic acid groups (broad SMARTS) is 1. The highest BCUT2D eigenvalue weighted by Crippen LogP contribution is 2.26. The third kappa shape index (κ3) is 3.75. The zero-order valence-electron chi connectivity index (χ0n) is 16.2. The van der Waals surface area contributed by atoms with Crippen molar-refractivity contribution in [1.82, 2.24) is 9.88 Å². The van der Waals surface area contributed by atoms with Gasteiger partial charge < -0.3 is 19.7 Å². The van der Waals surface area contributed by atoms with Crippen molar-refractivity contribution in [2.75, 3.05) is 13.7 Å². The lowest BCUT2D eigenvalue weighted by Gasteiger charge is -2.25. The van der Waals surface area contributed by atoms with E-state index < -0.39 is 11.5 Å². The van der Waals surface area contributed by atoms with E-state index in [1.165, 1.54) is 0 Å². The van der Waals surface area contributed by atoms with Gasteiger partial charge in [0.2, 0.25) is 0 Å². The lowest BCUT2D eigenvalue weighted by atomic mass is 9.95. The van der Waals surface area contributed by atoms with Crippen molar-refractivity contribution in [2.24, 2.45) is 0 Å². The molecule has 26 heavy (non-hydrogen) atoms. The van der Waals surface area contributed by atoms with Crippen molar-refractivity contribution in [2.45, 2.75) is 52.6 Å². The van der Waals surface area contributed by atoms with E-state index in [0.717, 1.165) is 28.7 Å². The summed E-state index contributed by atoms with van der Waals surface area (Å²) in [4.78, 5) is 24.2. The van der Waals surface area contributed by atoms with Crippen LogP contribution in [0.2, 0.25) is 0 Å². The molecule has 142 valence electrons. The Morgan fingerprint density at radius 2 is 2.00 bits per heavy atom. The van der Waals surface area contributed by atoms with E-state index in [0.29, 0.717) is 25.0 Å². The average Bonchev–Trinajstić information content (AvgIpc) is 2.83. The minimum atomic E-state index is -1.27. The van der Waals surface area contributed by atoms with Crippen LogP contribution < -0.4 is 5.32 Å². The summed E-state index contributed by atoms with van der Waals surface area (Å²) >= 11 is 0. The highest BCUT2D eigenvalue weighted by atomic mass is 16.5. The Morgan fingerprint density at radius 1 is 1.31 bits per heavy atom. The number of rotatable bonds is 8. The number of nitrogens with one attached hydrogen (secondary N) is 1. The predicted octanol–water partition coefficient (Wildman–Crippen LogP) is 3.28. The van der Waals surface area contributed by atoms with Crippen LogP contribution in [0.15, 0.2) is 18.2 Å². The maximum atomic E-state index is 12.7. The molecule has 0 fully saturated rings. The third-order valence-electron chi connectivity index (χ3n) is 5.03. The molecule has 0 radical (unpaired) electrons. The largest absolute Gasteiger partial charge is 0.480 e. The SMILES string of the molecule is CCCC(C)(NC(=O)c1ccc2c(c1)c(C)c(C)n2CCOC)C(=O)O. The third-order valence-corrected chi connectivity index (χ3v) is 5.03. The van der Waals surface area contributed by atoms with Crippen LogP contribution in [0.5, 0.6) is 0 Å². The number of aromatic nitrogens is 1. The highest BCUT2D eigenvalue weighted by Gasteiger charge is 2.34. The van der Waals surface area contributed by atoms with Crippen LogP contribution >= 0.6 is 0 Å². The normalized spacial score (nSPS) is 13.6. The molecule has 0 saturated carbocycles. The fraction of sp³-hybridized carbons (Fsp3) is 0.500. The molecule has 1 heterocycles. The number of carboxylic acids is 1. The topological polar surface area (TPSA) is 80.6 Å². The average molecular weight is 360 g/mol. The summed E-state index contributed by atoms with van der Waals surface area (Å²) in [6, 6.07) is 5.50. The number of carbonyl (C=O) groups excluding carboxylic acids is 1. The number of ether oxygens (including phenoxy) is 1. The summed E-state index contributed by atoms with van der Waals surface area (Å²) in [6.45, 7) is 8.88. The Labute approximate surface area is 154 Å². The second-order valence-corrected chi connectivity index (χ2v) is 6.93. The van der Waals surface area contributed by atoms with Crippen molar-refractivity contribution in [3.8, 4) is 0 Å². The van der Waals surface area contributed by atoms with Crippen LogP contribution in [0, 0.1) is 13.8 Å². The van der Waals surface area contributed by atoms with Crippen LogP contribution in [0.25, 0.3) is 10.9 Å². The van der Waals surface area contributed by atoms with E-state index >= 15 is 0 Å². The molecule has 0 spiro atoms. The Kier molecular flexibility index (Phi) is 6.08. The van der Waals surface area contributed by atoms with Crippen molar-refractivity contribution >= 4 is 22.8 Å². The number of methoxy groups -OCH3 is 1. The number of hydrogen-bond donors (Lipinski definition) is 2. The van der Waals surface area contributed by atoms with Crippen LogP contribution in [-0.4, -0.2) is 40.8 Å². The van der Waals surface area contributed by atoms with Gasteiger partial charge in [-0.05, 0) is 51.0 Å². The molecule has 0 bridgehead atoms. The molecule has 0 aliphatic rings. The number of carbonyl (C=O) groups is 2. The molecule has 6 nitrogen and oxygen atoms in total. The van der Waals surface area contributed by atoms with Crippen molar-refractivity contribution in [3.63, 3.8) is 0 Å². The Bertz CT molecular complexity index is 825. The Hall–Kier alpha value is -2.34. The monoisotopic (exact) mass is 360 g/mol. The predicted molar refractivity (Wildman–Crippen MR) is 102 cm³/mol. The van der Waals surface area contributed by atoms with E-state index in [1.807, 2.05) is 32.9 Å². The van der Waals surface area contributed by atoms with Gasteiger partial charge in [-0.1, -0.05) is 13.3 Å². The Morgan fingerprint density at radius 3 is 2.58 bits per heavy atom. The van der Waals surface area contributed by atoms with Gasteiger partial charge in [-0.15, -0.1) is 0 Å². The second-order valence-electron chi connectivity index (χ2n) is 6.93. The first-order valence-corrected chi connectivity index (χ1v) is 8.89. The molecule has 1 aromatic heterocycles. The molecular weight excluding hydrogens is 332 g/mol. The summed E-state index contributed by atoms with van der Waals surface area (Å²) < 4.78 is 7.36. The van der Waals surface area contributed by atoms with E-state index in [-0.39, 0.29) is 5.91 Å². The molecule has 1 atom stereocenters. The maximum Gasteiger partial charge on any atom is 0.329 e. The quantitative estimate of drug-likeness (QED) is 0.757. The van der Waals surface area contributed by atoms with Crippen LogP contribution in [0.4, 0.5) is 0 Å². The lowest BCUT2D eigenvalue weighted by molar-refractivity contribution is -0.144. The summed E-state index contributed by atoms with van der Waals surface area (Å²) in [6.07, 6.45) is 1.05. The molecule has 6 heteroatoms. The van der Waals surface area contributed by atoms with Gasteiger partial charge in [0, 0.05) is 35.8 Å². The number of benzene rings is 1. The summed E-state index contributed by atoms with van der Waals surface area (Å²) in [5.74, 6) is -1.39. The van der Waals surface area contributed by atoms with Gasteiger partial charge in [-0.3, -0.25) is 4.79 Å².